The first kappa shape index (κ1) is 14.3. The molecule has 0 bridgehead atoms. The van der Waals surface area contributed by atoms with Gasteiger partial charge in [0.15, 0.2) is 5.13 Å². The van der Waals surface area contributed by atoms with Gasteiger partial charge in [-0.1, -0.05) is 0 Å². The Kier molecular flexibility index (Phi) is 4.76. The van der Waals surface area contributed by atoms with E-state index in [2.05, 4.69) is 28.6 Å². The van der Waals surface area contributed by atoms with Crippen molar-refractivity contribution in [2.45, 2.75) is 26.7 Å². The van der Waals surface area contributed by atoms with Gasteiger partial charge in [0.2, 0.25) is 0 Å². The monoisotopic (exact) mass is 283 g/mol. The van der Waals surface area contributed by atoms with Gasteiger partial charge in [0.1, 0.15) is 0 Å². The molecule has 2 rings (SSSR count). The van der Waals surface area contributed by atoms with Crippen LogP contribution in [0.3, 0.4) is 0 Å². The molecular weight excluding hydrogens is 262 g/mol. The molecule has 1 saturated heterocycles. The number of anilines is 1. The van der Waals surface area contributed by atoms with Gasteiger partial charge in [-0.3, -0.25) is 9.69 Å². The number of hydrogen-bond acceptors (Lipinski definition) is 5. The molecule has 1 aliphatic rings. The predicted octanol–water partition coefficient (Wildman–Crippen LogP) is 1.75. The van der Waals surface area contributed by atoms with Crippen molar-refractivity contribution >= 4 is 22.4 Å². The first-order valence-corrected chi connectivity index (χ1v) is 7.51. The first-order chi connectivity index (χ1) is 9.06. The fourth-order valence-corrected chi connectivity index (χ4v) is 3.17. The predicted molar refractivity (Wildman–Crippen MR) is 77.1 cm³/mol. The number of hydrogen-bond donors (Lipinski definition) is 1. The third kappa shape index (κ3) is 3.91. The van der Waals surface area contributed by atoms with Crippen molar-refractivity contribution in [3.63, 3.8) is 0 Å². The summed E-state index contributed by atoms with van der Waals surface area (Å²) >= 11 is 1.76. The van der Waals surface area contributed by atoms with Crippen molar-refractivity contribution in [1.82, 2.24) is 9.88 Å². The Morgan fingerprint density at radius 1 is 1.32 bits per heavy atom. The molecule has 5 nitrogen and oxygen atoms in total. The minimum Gasteiger partial charge on any atom is -0.481 e. The van der Waals surface area contributed by atoms with Crippen LogP contribution in [0.1, 0.15) is 23.4 Å². The molecule has 0 aromatic carbocycles. The highest BCUT2D eigenvalue weighted by Crippen LogP contribution is 2.25. The number of aliphatic carboxylic acids is 1. The van der Waals surface area contributed by atoms with Gasteiger partial charge in [-0.15, -0.1) is 11.3 Å². The maximum absolute atomic E-state index is 10.5. The van der Waals surface area contributed by atoms with Crippen LogP contribution in [0.2, 0.25) is 0 Å². The lowest BCUT2D eigenvalue weighted by Gasteiger charge is -2.34. The number of carbonyl (C=O) groups is 1. The smallest absolute Gasteiger partial charge is 0.303 e. The van der Waals surface area contributed by atoms with E-state index >= 15 is 0 Å². The molecule has 1 N–H and O–H groups in total. The topological polar surface area (TPSA) is 56.7 Å². The van der Waals surface area contributed by atoms with E-state index in [0.717, 1.165) is 50.0 Å². The van der Waals surface area contributed by atoms with Crippen LogP contribution in [-0.2, 0) is 4.79 Å². The number of carboxylic acids is 1. The summed E-state index contributed by atoms with van der Waals surface area (Å²) in [6.45, 7) is 9.01. The number of carboxylic acid groups (broad SMARTS) is 1. The molecule has 0 aliphatic carbocycles. The van der Waals surface area contributed by atoms with Gasteiger partial charge >= 0.3 is 5.97 Å². The Morgan fingerprint density at radius 3 is 2.53 bits per heavy atom. The van der Waals surface area contributed by atoms with E-state index in [0.29, 0.717) is 0 Å². The molecule has 1 aromatic rings. The van der Waals surface area contributed by atoms with Crippen molar-refractivity contribution < 1.29 is 9.90 Å². The number of aryl methyl sites for hydroxylation is 2. The summed E-state index contributed by atoms with van der Waals surface area (Å²) in [5, 5.41) is 9.75. The van der Waals surface area contributed by atoms with Crippen LogP contribution >= 0.6 is 11.3 Å². The number of thiazole rings is 1. The summed E-state index contributed by atoms with van der Waals surface area (Å²) in [6.07, 6.45) is 1.01. The minimum absolute atomic E-state index is 0.269. The van der Waals surface area contributed by atoms with Gasteiger partial charge in [-0.05, 0) is 26.8 Å². The molecule has 0 amide bonds. The van der Waals surface area contributed by atoms with Crippen molar-refractivity contribution in [2.24, 2.45) is 0 Å². The fourth-order valence-electron chi connectivity index (χ4n) is 2.21. The van der Waals surface area contributed by atoms with Gasteiger partial charge in [-0.25, -0.2) is 4.98 Å². The van der Waals surface area contributed by atoms with Crippen molar-refractivity contribution in [2.75, 3.05) is 37.6 Å². The van der Waals surface area contributed by atoms with Gasteiger partial charge in [-0.2, -0.15) is 0 Å². The highest BCUT2D eigenvalue weighted by molar-refractivity contribution is 7.15. The molecule has 1 aliphatic heterocycles. The zero-order valence-electron chi connectivity index (χ0n) is 11.6. The molecule has 0 radical (unpaired) electrons. The van der Waals surface area contributed by atoms with E-state index < -0.39 is 5.97 Å². The Labute approximate surface area is 117 Å². The normalized spacial score (nSPS) is 16.8. The molecule has 0 atom stereocenters. The summed E-state index contributed by atoms with van der Waals surface area (Å²) in [4.78, 5) is 21.0. The highest BCUT2D eigenvalue weighted by atomic mass is 32.1. The van der Waals surface area contributed by atoms with Gasteiger partial charge in [0.05, 0.1) is 5.69 Å². The number of aromatic nitrogens is 1. The Bertz CT molecular complexity index is 420. The van der Waals surface area contributed by atoms with Crippen LogP contribution in [0.4, 0.5) is 5.13 Å². The molecule has 1 fully saturated rings. The van der Waals surface area contributed by atoms with Crippen molar-refractivity contribution in [3.8, 4) is 0 Å². The molecule has 19 heavy (non-hydrogen) atoms. The Balaban J connectivity index is 1.77. The van der Waals surface area contributed by atoms with Crippen LogP contribution in [-0.4, -0.2) is 53.7 Å². The molecule has 0 saturated carbocycles. The van der Waals surface area contributed by atoms with Gasteiger partial charge in [0, 0.05) is 37.5 Å². The summed E-state index contributed by atoms with van der Waals surface area (Å²) in [5.74, 6) is -0.702. The van der Waals surface area contributed by atoms with Gasteiger partial charge in [0.25, 0.3) is 0 Å². The number of rotatable bonds is 5. The first-order valence-electron chi connectivity index (χ1n) is 6.69. The van der Waals surface area contributed by atoms with E-state index in [1.54, 1.807) is 11.3 Å². The molecule has 106 valence electrons. The highest BCUT2D eigenvalue weighted by Gasteiger charge is 2.19. The van der Waals surface area contributed by atoms with E-state index in [1.807, 2.05) is 0 Å². The van der Waals surface area contributed by atoms with Gasteiger partial charge < -0.3 is 10.0 Å². The average molecular weight is 283 g/mol. The van der Waals surface area contributed by atoms with Crippen molar-refractivity contribution in [1.29, 1.82) is 0 Å². The lowest BCUT2D eigenvalue weighted by Crippen LogP contribution is -2.46. The molecular formula is C13H21N3O2S. The SMILES string of the molecule is Cc1nc(N2CCN(CCCC(=O)O)CC2)sc1C. The third-order valence-electron chi connectivity index (χ3n) is 3.53. The summed E-state index contributed by atoms with van der Waals surface area (Å²) in [6, 6.07) is 0. The largest absolute Gasteiger partial charge is 0.481 e. The summed E-state index contributed by atoms with van der Waals surface area (Å²) in [7, 11) is 0. The second-order valence-electron chi connectivity index (χ2n) is 4.96. The molecule has 6 heteroatoms. The second kappa shape index (κ2) is 6.34. The maximum atomic E-state index is 10.5. The van der Waals surface area contributed by atoms with E-state index in [9.17, 15) is 4.79 Å². The van der Waals surface area contributed by atoms with Crippen LogP contribution < -0.4 is 4.90 Å². The Morgan fingerprint density at radius 2 is 2.00 bits per heavy atom. The minimum atomic E-state index is -0.702. The molecule has 2 heterocycles. The molecule has 0 spiro atoms. The lowest BCUT2D eigenvalue weighted by molar-refractivity contribution is -0.137. The van der Waals surface area contributed by atoms with Crippen LogP contribution in [0.25, 0.3) is 0 Å². The van der Waals surface area contributed by atoms with Crippen LogP contribution in [0, 0.1) is 13.8 Å². The van der Waals surface area contributed by atoms with E-state index in [1.165, 1.54) is 4.88 Å². The average Bonchev–Trinajstić information content (AvgIpc) is 2.70. The van der Waals surface area contributed by atoms with E-state index in [4.69, 9.17) is 5.11 Å². The van der Waals surface area contributed by atoms with E-state index in [-0.39, 0.29) is 6.42 Å². The Hall–Kier alpha value is -1.14. The zero-order chi connectivity index (χ0) is 13.8. The lowest BCUT2D eigenvalue weighted by atomic mass is 10.2. The van der Waals surface area contributed by atoms with Crippen LogP contribution in [0.5, 0.6) is 0 Å². The molecule has 1 aromatic heterocycles. The number of piperazine rings is 1. The summed E-state index contributed by atoms with van der Waals surface area (Å²) in [5.41, 5.74) is 1.13. The van der Waals surface area contributed by atoms with Crippen LogP contribution in [0.15, 0.2) is 0 Å². The maximum Gasteiger partial charge on any atom is 0.303 e. The summed E-state index contributed by atoms with van der Waals surface area (Å²) < 4.78 is 0. The number of nitrogens with zero attached hydrogens (tertiary/aromatic N) is 3. The fraction of sp³-hybridized carbons (Fsp3) is 0.692. The van der Waals surface area contributed by atoms with Crippen molar-refractivity contribution in [3.05, 3.63) is 10.6 Å². The zero-order valence-corrected chi connectivity index (χ0v) is 12.4. The second-order valence-corrected chi connectivity index (χ2v) is 6.15. The standard InChI is InChI=1S/C13H21N3O2S/c1-10-11(2)19-13(14-10)16-8-6-15(7-9-16)5-3-4-12(17)18/h3-9H2,1-2H3,(H,17,18). The molecule has 0 unspecified atom stereocenters. The third-order valence-corrected chi connectivity index (χ3v) is 4.66. The quantitative estimate of drug-likeness (QED) is 0.892.